The summed E-state index contributed by atoms with van der Waals surface area (Å²) in [5.74, 6) is -0.465. The van der Waals surface area contributed by atoms with Crippen LogP contribution in [0.25, 0.3) is 0 Å². The van der Waals surface area contributed by atoms with Crippen molar-refractivity contribution in [1.29, 1.82) is 5.41 Å². The molecule has 0 aliphatic heterocycles. The van der Waals surface area contributed by atoms with Crippen molar-refractivity contribution in [2.45, 2.75) is 13.1 Å². The molecule has 1 aromatic carbocycles. The molecule has 0 fully saturated rings. The third-order valence-electron chi connectivity index (χ3n) is 2.83. The largest absolute Gasteiger partial charge is 0.384 e. The van der Waals surface area contributed by atoms with Gasteiger partial charge >= 0.3 is 0 Å². The van der Waals surface area contributed by atoms with Crippen LogP contribution in [0.15, 0.2) is 35.0 Å². The molecule has 0 amide bonds. The van der Waals surface area contributed by atoms with Gasteiger partial charge in [-0.05, 0) is 47.1 Å². The molecule has 0 bridgehead atoms. The predicted molar refractivity (Wildman–Crippen MR) is 76.9 cm³/mol. The Morgan fingerprint density at radius 2 is 2.16 bits per heavy atom. The topological polar surface area (TPSA) is 53.1 Å². The Bertz CT molecular complexity index is 566. The molecular formula is C14H16FN3S. The Kier molecular flexibility index (Phi) is 4.29. The highest BCUT2D eigenvalue weighted by molar-refractivity contribution is 7.07. The van der Waals surface area contributed by atoms with Crippen molar-refractivity contribution in [3.05, 3.63) is 57.5 Å². The Hall–Kier alpha value is -1.72. The molecule has 0 aliphatic carbocycles. The lowest BCUT2D eigenvalue weighted by Gasteiger charge is -2.18. The molecule has 0 saturated carbocycles. The van der Waals surface area contributed by atoms with E-state index in [9.17, 15) is 4.39 Å². The quantitative estimate of drug-likeness (QED) is 0.652. The average molecular weight is 277 g/mol. The van der Waals surface area contributed by atoms with Crippen LogP contribution >= 0.6 is 11.3 Å². The molecule has 0 radical (unpaired) electrons. The van der Waals surface area contributed by atoms with E-state index >= 15 is 0 Å². The van der Waals surface area contributed by atoms with Crippen LogP contribution in [0.5, 0.6) is 0 Å². The average Bonchev–Trinajstić information content (AvgIpc) is 2.83. The first-order chi connectivity index (χ1) is 9.06. The minimum Gasteiger partial charge on any atom is -0.384 e. The van der Waals surface area contributed by atoms with Gasteiger partial charge < -0.3 is 5.73 Å². The number of nitrogens with one attached hydrogen (secondary N) is 1. The van der Waals surface area contributed by atoms with Crippen LogP contribution in [0.1, 0.15) is 16.7 Å². The normalized spacial score (nSPS) is 10.9. The van der Waals surface area contributed by atoms with Gasteiger partial charge in [-0.25, -0.2) is 4.39 Å². The second kappa shape index (κ2) is 5.95. The van der Waals surface area contributed by atoms with E-state index in [2.05, 4.69) is 16.3 Å². The molecule has 100 valence electrons. The van der Waals surface area contributed by atoms with Gasteiger partial charge in [0.2, 0.25) is 0 Å². The van der Waals surface area contributed by atoms with E-state index in [4.69, 9.17) is 11.1 Å². The van der Waals surface area contributed by atoms with Crippen LogP contribution in [0.2, 0.25) is 0 Å². The highest BCUT2D eigenvalue weighted by atomic mass is 32.1. The second-order valence-electron chi connectivity index (χ2n) is 4.52. The Morgan fingerprint density at radius 3 is 2.79 bits per heavy atom. The molecule has 0 aliphatic rings. The van der Waals surface area contributed by atoms with Gasteiger partial charge in [0.25, 0.3) is 0 Å². The second-order valence-corrected chi connectivity index (χ2v) is 5.30. The molecule has 1 aromatic heterocycles. The molecule has 5 heteroatoms. The minimum absolute atomic E-state index is 0.0987. The fourth-order valence-corrected chi connectivity index (χ4v) is 2.64. The standard InChI is InChI=1S/C14H16FN3S/c1-18(7-10-4-5-19-9-10)8-11-2-3-12(15)6-13(11)14(16)17/h2-6,9H,7-8H2,1H3,(H3,16,17). The lowest BCUT2D eigenvalue weighted by atomic mass is 10.1. The van der Waals surface area contributed by atoms with E-state index in [-0.39, 0.29) is 11.7 Å². The maximum atomic E-state index is 13.2. The molecule has 0 unspecified atom stereocenters. The third kappa shape index (κ3) is 3.62. The molecule has 0 spiro atoms. The first-order valence-corrected chi connectivity index (χ1v) is 6.83. The van der Waals surface area contributed by atoms with E-state index in [1.165, 1.54) is 17.7 Å². The van der Waals surface area contributed by atoms with Gasteiger partial charge in [-0.3, -0.25) is 10.3 Å². The molecule has 3 N–H and O–H groups in total. The first kappa shape index (κ1) is 13.7. The Morgan fingerprint density at radius 1 is 1.37 bits per heavy atom. The number of hydrogen-bond donors (Lipinski definition) is 2. The SMILES string of the molecule is CN(Cc1ccsc1)Cc1ccc(F)cc1C(=N)N. The number of nitrogens with zero attached hydrogens (tertiary/aromatic N) is 1. The minimum atomic E-state index is -0.366. The number of rotatable bonds is 5. The predicted octanol–water partition coefficient (Wildman–Crippen LogP) is 2.80. The zero-order valence-electron chi connectivity index (χ0n) is 10.7. The van der Waals surface area contributed by atoms with Gasteiger partial charge in [0.05, 0.1) is 0 Å². The fraction of sp³-hybridized carbons (Fsp3) is 0.214. The summed E-state index contributed by atoms with van der Waals surface area (Å²) in [5, 5.41) is 11.7. The number of hydrogen-bond acceptors (Lipinski definition) is 3. The molecule has 0 saturated heterocycles. The summed E-state index contributed by atoms with van der Waals surface area (Å²) in [7, 11) is 1.99. The summed E-state index contributed by atoms with van der Waals surface area (Å²) in [6.45, 7) is 1.45. The van der Waals surface area contributed by atoms with Crippen molar-refractivity contribution >= 4 is 17.2 Å². The van der Waals surface area contributed by atoms with Crippen molar-refractivity contribution in [1.82, 2.24) is 4.90 Å². The van der Waals surface area contributed by atoms with Crippen LogP contribution in [0.3, 0.4) is 0 Å². The summed E-state index contributed by atoms with van der Waals surface area (Å²) in [5.41, 5.74) is 8.08. The number of thiophene rings is 1. The van der Waals surface area contributed by atoms with Crippen molar-refractivity contribution in [2.24, 2.45) is 5.73 Å². The van der Waals surface area contributed by atoms with E-state index in [1.54, 1.807) is 17.4 Å². The summed E-state index contributed by atoms with van der Waals surface area (Å²) in [6.07, 6.45) is 0. The number of nitrogens with two attached hydrogens (primary N) is 1. The molecule has 2 rings (SSSR count). The summed E-state index contributed by atoms with van der Waals surface area (Å²) in [6, 6.07) is 6.49. The van der Waals surface area contributed by atoms with Gasteiger partial charge in [-0.15, -0.1) is 0 Å². The third-order valence-corrected chi connectivity index (χ3v) is 3.57. The molecule has 3 nitrogen and oxygen atoms in total. The zero-order chi connectivity index (χ0) is 13.8. The van der Waals surface area contributed by atoms with Gasteiger partial charge in [-0.2, -0.15) is 11.3 Å². The number of amidine groups is 1. The lowest BCUT2D eigenvalue weighted by molar-refractivity contribution is 0.319. The molecule has 1 heterocycles. The highest BCUT2D eigenvalue weighted by Crippen LogP contribution is 2.15. The maximum absolute atomic E-state index is 13.2. The van der Waals surface area contributed by atoms with Crippen molar-refractivity contribution in [3.63, 3.8) is 0 Å². The fourth-order valence-electron chi connectivity index (χ4n) is 1.98. The summed E-state index contributed by atoms with van der Waals surface area (Å²) in [4.78, 5) is 2.11. The highest BCUT2D eigenvalue weighted by Gasteiger charge is 2.10. The van der Waals surface area contributed by atoms with Crippen LogP contribution in [0, 0.1) is 11.2 Å². The van der Waals surface area contributed by atoms with E-state index in [0.29, 0.717) is 12.1 Å². The Balaban J connectivity index is 2.12. The van der Waals surface area contributed by atoms with Crippen molar-refractivity contribution in [3.8, 4) is 0 Å². The lowest BCUT2D eigenvalue weighted by Crippen LogP contribution is -2.21. The van der Waals surface area contributed by atoms with E-state index in [1.807, 2.05) is 12.4 Å². The zero-order valence-corrected chi connectivity index (χ0v) is 11.5. The number of nitrogen functional groups attached to an aromatic ring is 1. The van der Waals surface area contributed by atoms with Crippen LogP contribution in [-0.2, 0) is 13.1 Å². The number of benzene rings is 1. The molecule has 19 heavy (non-hydrogen) atoms. The van der Waals surface area contributed by atoms with E-state index in [0.717, 1.165) is 12.1 Å². The van der Waals surface area contributed by atoms with Gasteiger partial charge in [-0.1, -0.05) is 6.07 Å². The van der Waals surface area contributed by atoms with Crippen molar-refractivity contribution < 1.29 is 4.39 Å². The maximum Gasteiger partial charge on any atom is 0.123 e. The smallest absolute Gasteiger partial charge is 0.123 e. The van der Waals surface area contributed by atoms with Gasteiger partial charge in [0, 0.05) is 18.7 Å². The summed E-state index contributed by atoms with van der Waals surface area (Å²) >= 11 is 1.67. The Labute approximate surface area is 116 Å². The van der Waals surface area contributed by atoms with Gasteiger partial charge in [0.15, 0.2) is 0 Å². The summed E-state index contributed by atoms with van der Waals surface area (Å²) < 4.78 is 13.2. The first-order valence-electron chi connectivity index (χ1n) is 5.88. The number of halogens is 1. The monoisotopic (exact) mass is 277 g/mol. The molecule has 2 aromatic rings. The van der Waals surface area contributed by atoms with Crippen LogP contribution in [-0.4, -0.2) is 17.8 Å². The van der Waals surface area contributed by atoms with E-state index < -0.39 is 0 Å². The van der Waals surface area contributed by atoms with Crippen molar-refractivity contribution in [2.75, 3.05) is 7.05 Å². The molecular weight excluding hydrogens is 261 g/mol. The van der Waals surface area contributed by atoms with Gasteiger partial charge in [0.1, 0.15) is 11.7 Å². The molecule has 0 atom stereocenters. The van der Waals surface area contributed by atoms with Crippen LogP contribution in [0.4, 0.5) is 4.39 Å². The van der Waals surface area contributed by atoms with Crippen LogP contribution < -0.4 is 5.73 Å².